The second-order valence-corrected chi connectivity index (χ2v) is 7.28. The molecule has 23 heavy (non-hydrogen) atoms. The van der Waals surface area contributed by atoms with Gasteiger partial charge in [0, 0.05) is 17.0 Å². The van der Waals surface area contributed by atoms with Crippen LogP contribution >= 0.6 is 0 Å². The zero-order chi connectivity index (χ0) is 16.6. The van der Waals surface area contributed by atoms with Crippen molar-refractivity contribution in [2.24, 2.45) is 16.5 Å². The maximum atomic E-state index is 12.5. The van der Waals surface area contributed by atoms with E-state index in [0.29, 0.717) is 5.56 Å². The third-order valence-corrected chi connectivity index (χ3v) is 4.64. The zero-order valence-corrected chi connectivity index (χ0v) is 14.1. The van der Waals surface area contributed by atoms with E-state index < -0.39 is 0 Å². The van der Waals surface area contributed by atoms with Crippen LogP contribution in [0.3, 0.4) is 0 Å². The maximum absolute atomic E-state index is 12.5. The molecule has 1 aromatic rings. The molecule has 0 aromatic heterocycles. The third kappa shape index (κ3) is 3.05. The summed E-state index contributed by atoms with van der Waals surface area (Å²) in [7, 11) is 1.61. The van der Waals surface area contributed by atoms with E-state index in [1.165, 1.54) is 0 Å². The fourth-order valence-electron chi connectivity index (χ4n) is 3.43. The highest BCUT2D eigenvalue weighted by molar-refractivity contribution is 5.97. The van der Waals surface area contributed by atoms with E-state index in [4.69, 9.17) is 9.57 Å². The quantitative estimate of drug-likeness (QED) is 0.932. The minimum Gasteiger partial charge on any atom is -0.497 e. The van der Waals surface area contributed by atoms with Gasteiger partial charge in [0.1, 0.15) is 11.9 Å². The van der Waals surface area contributed by atoms with Gasteiger partial charge < -0.3 is 14.9 Å². The molecule has 0 unspecified atom stereocenters. The Morgan fingerprint density at radius 3 is 2.57 bits per heavy atom. The topological polar surface area (TPSA) is 59.9 Å². The lowest BCUT2D eigenvalue weighted by Crippen LogP contribution is -2.44. The van der Waals surface area contributed by atoms with Crippen molar-refractivity contribution < 1.29 is 14.4 Å². The van der Waals surface area contributed by atoms with Gasteiger partial charge in [0.25, 0.3) is 5.91 Å². The van der Waals surface area contributed by atoms with Gasteiger partial charge in [-0.3, -0.25) is 4.79 Å². The normalized spacial score (nSPS) is 26.3. The lowest BCUT2D eigenvalue weighted by molar-refractivity contribution is 0.0713. The average Bonchev–Trinajstić information content (AvgIpc) is 3.09. The summed E-state index contributed by atoms with van der Waals surface area (Å²) in [6, 6.07) is 7.24. The first-order valence-corrected chi connectivity index (χ1v) is 8.09. The maximum Gasteiger partial charge on any atom is 0.251 e. The minimum absolute atomic E-state index is 0.0488. The Labute approximate surface area is 137 Å². The second kappa shape index (κ2) is 5.87. The van der Waals surface area contributed by atoms with Gasteiger partial charge in [-0.2, -0.15) is 0 Å². The number of amides is 1. The van der Waals surface area contributed by atoms with Crippen molar-refractivity contribution in [3.63, 3.8) is 0 Å². The highest BCUT2D eigenvalue weighted by Gasteiger charge is 2.48. The van der Waals surface area contributed by atoms with Crippen molar-refractivity contribution in [3.8, 4) is 5.75 Å². The number of carbonyl (C=O) groups excluding carboxylic acids is 1. The Hall–Kier alpha value is -2.04. The molecular formula is C18H24N2O3. The van der Waals surface area contributed by atoms with Gasteiger partial charge in [-0.25, -0.2) is 0 Å². The summed E-state index contributed by atoms with van der Waals surface area (Å²) >= 11 is 0. The molecule has 1 aromatic carbocycles. The molecule has 3 rings (SSSR count). The van der Waals surface area contributed by atoms with E-state index in [2.05, 4.69) is 31.2 Å². The molecule has 1 aliphatic carbocycles. The van der Waals surface area contributed by atoms with Gasteiger partial charge >= 0.3 is 0 Å². The molecule has 1 N–H and O–H groups in total. The number of methoxy groups -OCH3 is 1. The number of nitrogens with zero attached hydrogens (tertiary/aromatic N) is 1. The average molecular weight is 316 g/mol. The smallest absolute Gasteiger partial charge is 0.251 e. The lowest BCUT2D eigenvalue weighted by Gasteiger charge is -2.27. The number of oxime groups is 1. The number of nitrogens with one attached hydrogen (secondary N) is 1. The molecule has 0 saturated heterocycles. The van der Waals surface area contributed by atoms with Gasteiger partial charge in [0.2, 0.25) is 0 Å². The van der Waals surface area contributed by atoms with Crippen LogP contribution in [0.5, 0.6) is 5.75 Å². The Bertz CT molecular complexity index is 616. The summed E-state index contributed by atoms with van der Waals surface area (Å²) in [6.45, 7) is 6.41. The molecule has 1 saturated carbocycles. The summed E-state index contributed by atoms with van der Waals surface area (Å²) in [5.74, 6) is 0.865. The molecule has 2 aliphatic rings. The van der Waals surface area contributed by atoms with E-state index >= 15 is 0 Å². The first kappa shape index (κ1) is 15.8. The Balaban J connectivity index is 1.72. The van der Waals surface area contributed by atoms with Crippen LogP contribution < -0.4 is 10.1 Å². The van der Waals surface area contributed by atoms with Gasteiger partial charge in [-0.15, -0.1) is 0 Å². The number of ether oxygens (including phenoxy) is 1. The van der Waals surface area contributed by atoms with Crippen LogP contribution in [-0.2, 0) is 4.84 Å². The lowest BCUT2D eigenvalue weighted by atomic mass is 9.79. The van der Waals surface area contributed by atoms with E-state index in [-0.39, 0.29) is 29.4 Å². The molecule has 0 radical (unpaired) electrons. The largest absolute Gasteiger partial charge is 0.497 e. The third-order valence-electron chi connectivity index (χ3n) is 4.64. The number of rotatable bonds is 3. The Morgan fingerprint density at radius 1 is 1.26 bits per heavy atom. The molecule has 1 aliphatic heterocycles. The molecule has 1 amide bonds. The summed E-state index contributed by atoms with van der Waals surface area (Å²) in [5, 5.41) is 7.46. The molecule has 3 atom stereocenters. The number of fused-ring (bicyclic) bond motifs is 1. The molecule has 0 bridgehead atoms. The van der Waals surface area contributed by atoms with Crippen molar-refractivity contribution >= 4 is 11.6 Å². The number of benzene rings is 1. The molecule has 5 heteroatoms. The standard InChI is InChI=1S/C18H24N2O3/c1-18(2,3)16-15-13(9-10-14(15)23-20-16)19-17(21)11-5-7-12(22-4)8-6-11/h5-8,13-15H,9-10H2,1-4H3,(H,19,21)/t13-,14-,15+/m0/s1. The van der Waals surface area contributed by atoms with Crippen LogP contribution in [0.15, 0.2) is 29.4 Å². The van der Waals surface area contributed by atoms with Crippen molar-refractivity contribution in [2.45, 2.75) is 45.8 Å². The molecule has 1 heterocycles. The predicted molar refractivity (Wildman–Crippen MR) is 88.7 cm³/mol. The zero-order valence-electron chi connectivity index (χ0n) is 14.1. The van der Waals surface area contributed by atoms with Gasteiger partial charge in [0.05, 0.1) is 18.7 Å². The summed E-state index contributed by atoms with van der Waals surface area (Å²) in [6.07, 6.45) is 1.96. The van der Waals surface area contributed by atoms with Crippen LogP contribution in [0.4, 0.5) is 0 Å². The van der Waals surface area contributed by atoms with Gasteiger partial charge in [0.15, 0.2) is 0 Å². The molecular weight excluding hydrogens is 292 g/mol. The second-order valence-electron chi connectivity index (χ2n) is 7.28. The number of carbonyl (C=O) groups is 1. The van der Waals surface area contributed by atoms with Crippen molar-refractivity contribution in [1.82, 2.24) is 5.32 Å². The SMILES string of the molecule is COc1ccc(C(=O)N[C@H]2CC[C@@H]3ON=C(C(C)(C)C)[C@H]23)cc1. The molecule has 124 valence electrons. The van der Waals surface area contributed by atoms with E-state index in [9.17, 15) is 4.79 Å². The van der Waals surface area contributed by atoms with E-state index in [1.807, 2.05) is 0 Å². The minimum atomic E-state index is -0.0570. The monoisotopic (exact) mass is 316 g/mol. The van der Waals surface area contributed by atoms with E-state index in [1.54, 1.807) is 31.4 Å². The predicted octanol–water partition coefficient (Wildman–Crippen LogP) is 3.00. The van der Waals surface area contributed by atoms with Crippen LogP contribution in [0.1, 0.15) is 44.0 Å². The van der Waals surface area contributed by atoms with Crippen LogP contribution in [0.2, 0.25) is 0 Å². The highest BCUT2D eigenvalue weighted by atomic mass is 16.6. The molecule has 1 fully saturated rings. The van der Waals surface area contributed by atoms with Crippen LogP contribution in [-0.4, -0.2) is 30.9 Å². The van der Waals surface area contributed by atoms with Crippen molar-refractivity contribution in [2.75, 3.05) is 7.11 Å². The molecule has 5 nitrogen and oxygen atoms in total. The Morgan fingerprint density at radius 2 is 1.96 bits per heavy atom. The van der Waals surface area contributed by atoms with Crippen molar-refractivity contribution in [3.05, 3.63) is 29.8 Å². The fourth-order valence-corrected chi connectivity index (χ4v) is 3.43. The first-order chi connectivity index (χ1) is 10.9. The van der Waals surface area contributed by atoms with Gasteiger partial charge in [-0.05, 0) is 37.1 Å². The van der Waals surface area contributed by atoms with Gasteiger partial charge in [-0.1, -0.05) is 25.9 Å². The van der Waals surface area contributed by atoms with Crippen molar-refractivity contribution in [1.29, 1.82) is 0 Å². The first-order valence-electron chi connectivity index (χ1n) is 8.09. The summed E-state index contributed by atoms with van der Waals surface area (Å²) in [5.41, 5.74) is 1.65. The van der Waals surface area contributed by atoms with Crippen LogP contribution in [0, 0.1) is 11.3 Å². The molecule has 0 spiro atoms. The van der Waals surface area contributed by atoms with E-state index in [0.717, 1.165) is 24.3 Å². The highest BCUT2D eigenvalue weighted by Crippen LogP contribution is 2.40. The fraction of sp³-hybridized carbons (Fsp3) is 0.556. The van der Waals surface area contributed by atoms with Crippen LogP contribution in [0.25, 0.3) is 0 Å². The number of hydrogen-bond donors (Lipinski definition) is 1. The Kier molecular flexibility index (Phi) is 4.04. The summed E-state index contributed by atoms with van der Waals surface area (Å²) < 4.78 is 5.13. The summed E-state index contributed by atoms with van der Waals surface area (Å²) in [4.78, 5) is 18.1. The number of hydrogen-bond acceptors (Lipinski definition) is 4.